The molecular formula is C20H21F3N2O5S. The Balaban J connectivity index is 0.000000233. The van der Waals surface area contributed by atoms with E-state index in [1.54, 1.807) is 55.5 Å². The zero-order chi connectivity index (χ0) is 23.1. The molecule has 0 spiro atoms. The number of nitrogens with one attached hydrogen (secondary N) is 1. The maximum Gasteiger partial charge on any atom is 0.392 e. The summed E-state index contributed by atoms with van der Waals surface area (Å²) in [6.07, 6.45) is -5.51. The lowest BCUT2D eigenvalue weighted by Gasteiger charge is -2.05. The van der Waals surface area contributed by atoms with Gasteiger partial charge in [-0.15, -0.1) is 0 Å². The van der Waals surface area contributed by atoms with Gasteiger partial charge in [0.25, 0.3) is 10.1 Å². The van der Waals surface area contributed by atoms with Gasteiger partial charge in [-0.2, -0.15) is 21.6 Å². The lowest BCUT2D eigenvalue weighted by atomic mass is 10.2. The number of rotatable bonds is 6. The SMILES string of the molecule is CCOS(=O)(=O)c1ccc(C)cc1.O=C(OCCC(F)(F)F)c1nc2ccccc2[nH]1. The van der Waals surface area contributed by atoms with Gasteiger partial charge in [-0.3, -0.25) is 4.18 Å². The van der Waals surface area contributed by atoms with Crippen LogP contribution in [0.2, 0.25) is 0 Å². The van der Waals surface area contributed by atoms with Gasteiger partial charge in [0.2, 0.25) is 5.82 Å². The minimum Gasteiger partial charge on any atom is -0.459 e. The lowest BCUT2D eigenvalue weighted by molar-refractivity contribution is -0.141. The number of carbonyl (C=O) groups excluding carboxylic acids is 1. The van der Waals surface area contributed by atoms with Gasteiger partial charge in [0.15, 0.2) is 0 Å². The number of esters is 1. The smallest absolute Gasteiger partial charge is 0.392 e. The molecule has 1 aromatic heterocycles. The van der Waals surface area contributed by atoms with Crippen LogP contribution in [0.3, 0.4) is 0 Å². The number of aryl methyl sites for hydroxylation is 1. The Morgan fingerprint density at radius 2 is 1.74 bits per heavy atom. The highest BCUT2D eigenvalue weighted by molar-refractivity contribution is 7.86. The molecule has 0 fully saturated rings. The van der Waals surface area contributed by atoms with Crippen LogP contribution in [0.5, 0.6) is 0 Å². The van der Waals surface area contributed by atoms with Crippen LogP contribution < -0.4 is 0 Å². The zero-order valence-electron chi connectivity index (χ0n) is 16.8. The van der Waals surface area contributed by atoms with Crippen LogP contribution in [-0.4, -0.2) is 43.7 Å². The van der Waals surface area contributed by atoms with E-state index in [1.165, 1.54) is 0 Å². The Morgan fingerprint density at radius 1 is 1.10 bits per heavy atom. The van der Waals surface area contributed by atoms with Crippen LogP contribution >= 0.6 is 0 Å². The first kappa shape index (κ1) is 24.4. The fourth-order valence-corrected chi connectivity index (χ4v) is 3.22. The molecule has 1 N–H and O–H groups in total. The molecule has 168 valence electrons. The molecular weight excluding hydrogens is 437 g/mol. The standard InChI is InChI=1S/C11H9F3N2O2.C9H12O3S/c12-11(13,14)5-6-18-10(17)9-15-7-3-1-2-4-8(7)16-9;1-3-12-13(10,11)9-6-4-8(2)5-7-9/h1-4H,5-6H2,(H,15,16);4-7H,3H2,1-2H3. The first-order chi connectivity index (χ1) is 14.5. The predicted octanol–water partition coefficient (Wildman–Crippen LogP) is 4.39. The van der Waals surface area contributed by atoms with E-state index in [0.717, 1.165) is 5.56 Å². The summed E-state index contributed by atoms with van der Waals surface area (Å²) in [5.74, 6) is -0.992. The summed E-state index contributed by atoms with van der Waals surface area (Å²) in [5, 5.41) is 0. The van der Waals surface area contributed by atoms with Crippen LogP contribution in [0, 0.1) is 6.92 Å². The molecule has 0 aliphatic rings. The second-order valence-electron chi connectivity index (χ2n) is 6.28. The molecule has 0 saturated carbocycles. The number of H-pyrrole nitrogens is 1. The van der Waals surface area contributed by atoms with E-state index in [2.05, 4.69) is 18.9 Å². The van der Waals surface area contributed by atoms with Crippen molar-refractivity contribution in [1.82, 2.24) is 9.97 Å². The van der Waals surface area contributed by atoms with Crippen molar-refractivity contribution in [3.63, 3.8) is 0 Å². The van der Waals surface area contributed by atoms with Crippen LogP contribution in [0.4, 0.5) is 13.2 Å². The molecule has 2 aromatic carbocycles. The van der Waals surface area contributed by atoms with E-state index in [9.17, 15) is 26.4 Å². The van der Waals surface area contributed by atoms with E-state index < -0.39 is 35.3 Å². The molecule has 0 saturated heterocycles. The summed E-state index contributed by atoms with van der Waals surface area (Å²) in [5.41, 5.74) is 2.20. The van der Waals surface area contributed by atoms with E-state index >= 15 is 0 Å². The maximum atomic E-state index is 11.9. The molecule has 0 radical (unpaired) electrons. The Kier molecular flexibility index (Phi) is 8.17. The fourth-order valence-electron chi connectivity index (χ4n) is 2.31. The monoisotopic (exact) mass is 458 g/mol. The van der Waals surface area contributed by atoms with Crippen molar-refractivity contribution in [2.24, 2.45) is 0 Å². The number of para-hydroxylation sites is 2. The van der Waals surface area contributed by atoms with Crippen molar-refractivity contribution >= 4 is 27.1 Å². The highest BCUT2D eigenvalue weighted by Gasteiger charge is 2.27. The third-order valence-corrected chi connectivity index (χ3v) is 5.18. The molecule has 11 heteroatoms. The van der Waals surface area contributed by atoms with Gasteiger partial charge < -0.3 is 9.72 Å². The largest absolute Gasteiger partial charge is 0.459 e. The lowest BCUT2D eigenvalue weighted by Crippen LogP contribution is -2.15. The molecule has 0 aliphatic carbocycles. The number of fused-ring (bicyclic) bond motifs is 1. The highest BCUT2D eigenvalue weighted by Crippen LogP contribution is 2.19. The summed E-state index contributed by atoms with van der Waals surface area (Å²) >= 11 is 0. The van der Waals surface area contributed by atoms with Gasteiger partial charge in [0, 0.05) is 0 Å². The Hall–Kier alpha value is -2.92. The zero-order valence-corrected chi connectivity index (χ0v) is 17.6. The van der Waals surface area contributed by atoms with E-state index in [0.29, 0.717) is 11.0 Å². The second kappa shape index (κ2) is 10.4. The van der Waals surface area contributed by atoms with Gasteiger partial charge in [0.05, 0.1) is 29.0 Å². The number of nitrogens with zero attached hydrogens (tertiary/aromatic N) is 1. The van der Waals surface area contributed by atoms with Gasteiger partial charge in [-0.1, -0.05) is 29.8 Å². The molecule has 3 rings (SSSR count). The van der Waals surface area contributed by atoms with Crippen LogP contribution in [0.1, 0.15) is 29.5 Å². The maximum absolute atomic E-state index is 11.9. The van der Waals surface area contributed by atoms with E-state index in [4.69, 9.17) is 0 Å². The summed E-state index contributed by atoms with van der Waals surface area (Å²) < 4.78 is 67.3. The number of hydrogen-bond acceptors (Lipinski definition) is 6. The Bertz CT molecular complexity index is 1080. The first-order valence-corrected chi connectivity index (χ1v) is 10.6. The number of aromatic nitrogens is 2. The van der Waals surface area contributed by atoms with Gasteiger partial charge in [-0.05, 0) is 38.1 Å². The minimum absolute atomic E-state index is 0.0987. The van der Waals surface area contributed by atoms with E-state index in [1.807, 2.05) is 6.92 Å². The minimum atomic E-state index is -4.34. The molecule has 0 amide bonds. The number of benzene rings is 2. The van der Waals surface area contributed by atoms with Crippen molar-refractivity contribution in [3.05, 3.63) is 59.9 Å². The molecule has 0 aliphatic heterocycles. The van der Waals surface area contributed by atoms with Crippen LogP contribution in [-0.2, 0) is 19.0 Å². The number of imidazole rings is 1. The third-order valence-electron chi connectivity index (χ3n) is 3.78. The van der Waals surface area contributed by atoms with Crippen molar-refractivity contribution in [3.8, 4) is 0 Å². The van der Waals surface area contributed by atoms with Crippen molar-refractivity contribution in [1.29, 1.82) is 0 Å². The molecule has 7 nitrogen and oxygen atoms in total. The predicted molar refractivity (Wildman–Crippen MR) is 107 cm³/mol. The molecule has 0 unspecified atom stereocenters. The van der Waals surface area contributed by atoms with E-state index in [-0.39, 0.29) is 17.3 Å². The van der Waals surface area contributed by atoms with Gasteiger partial charge in [-0.25, -0.2) is 9.78 Å². The van der Waals surface area contributed by atoms with Gasteiger partial charge >= 0.3 is 12.1 Å². The van der Waals surface area contributed by atoms with Crippen molar-refractivity contribution in [2.45, 2.75) is 31.3 Å². The summed E-state index contributed by atoms with van der Waals surface area (Å²) in [6.45, 7) is 3.00. The topological polar surface area (TPSA) is 98.3 Å². The quantitative estimate of drug-likeness (QED) is 0.435. The molecule has 0 atom stereocenters. The Morgan fingerprint density at radius 3 is 2.32 bits per heavy atom. The number of carbonyl (C=O) groups is 1. The summed E-state index contributed by atoms with van der Waals surface area (Å²) in [7, 11) is -3.53. The first-order valence-electron chi connectivity index (χ1n) is 9.16. The third kappa shape index (κ3) is 7.68. The summed E-state index contributed by atoms with van der Waals surface area (Å²) in [6, 6.07) is 13.4. The normalized spacial score (nSPS) is 11.6. The average molecular weight is 458 g/mol. The van der Waals surface area contributed by atoms with Crippen molar-refractivity contribution in [2.75, 3.05) is 13.2 Å². The number of ether oxygens (including phenoxy) is 1. The van der Waals surface area contributed by atoms with Crippen molar-refractivity contribution < 1.29 is 35.3 Å². The number of hydrogen-bond donors (Lipinski definition) is 1. The summed E-state index contributed by atoms with van der Waals surface area (Å²) in [4.78, 5) is 18.2. The fraction of sp³-hybridized carbons (Fsp3) is 0.300. The second-order valence-corrected chi connectivity index (χ2v) is 7.89. The number of alkyl halides is 3. The number of aromatic amines is 1. The Labute approximate surface area is 177 Å². The highest BCUT2D eigenvalue weighted by atomic mass is 32.2. The molecule has 1 heterocycles. The number of halogens is 3. The van der Waals surface area contributed by atoms with Gasteiger partial charge in [0.1, 0.15) is 6.61 Å². The molecule has 31 heavy (non-hydrogen) atoms. The molecule has 0 bridgehead atoms. The molecule has 3 aromatic rings. The van der Waals surface area contributed by atoms with Crippen LogP contribution in [0.25, 0.3) is 11.0 Å². The average Bonchev–Trinajstić information content (AvgIpc) is 3.12. The van der Waals surface area contributed by atoms with Crippen LogP contribution in [0.15, 0.2) is 53.4 Å².